The quantitative estimate of drug-likeness (QED) is 0.129. The predicted molar refractivity (Wildman–Crippen MR) is 189 cm³/mol. The van der Waals surface area contributed by atoms with Gasteiger partial charge in [0.15, 0.2) is 0 Å². The molecule has 4 unspecified atom stereocenters. The summed E-state index contributed by atoms with van der Waals surface area (Å²) < 4.78 is 22.4. The zero-order valence-electron chi connectivity index (χ0n) is 28.7. The number of ether oxygens (including phenoxy) is 4. The highest BCUT2D eigenvalue weighted by atomic mass is 16.5. The van der Waals surface area contributed by atoms with Gasteiger partial charge in [-0.1, -0.05) is 62.4 Å². The summed E-state index contributed by atoms with van der Waals surface area (Å²) in [7, 11) is 4.90. The van der Waals surface area contributed by atoms with Crippen molar-refractivity contribution in [2.75, 3.05) is 64.4 Å². The van der Waals surface area contributed by atoms with Crippen LogP contribution in [0.4, 0.5) is 11.4 Å². The Balaban J connectivity index is 1.30. The summed E-state index contributed by atoms with van der Waals surface area (Å²) in [6, 6.07) is 15.5. The Morgan fingerprint density at radius 3 is 2.31 bits per heavy atom. The molecule has 3 aromatic carbocycles. The van der Waals surface area contributed by atoms with Gasteiger partial charge in [0, 0.05) is 45.3 Å². The summed E-state index contributed by atoms with van der Waals surface area (Å²) in [6.45, 7) is 3.09. The van der Waals surface area contributed by atoms with Gasteiger partial charge in [0.25, 0.3) is 10.9 Å². The fraction of sp³-hybridized carbons (Fsp3) is 0.579. The van der Waals surface area contributed by atoms with E-state index in [-0.39, 0.29) is 18.1 Å². The molecule has 1 saturated heterocycles. The second-order valence-electron chi connectivity index (χ2n) is 13.3. The second kappa shape index (κ2) is 17.8. The number of aliphatic hydroxyl groups excluding tert-OH is 1. The van der Waals surface area contributed by atoms with Crippen molar-refractivity contribution in [3.8, 4) is 11.5 Å². The Kier molecular flexibility index (Phi) is 13.3. The zero-order chi connectivity index (χ0) is 33.9. The van der Waals surface area contributed by atoms with Gasteiger partial charge in [-0.15, -0.1) is 0 Å². The Morgan fingerprint density at radius 2 is 1.62 bits per heavy atom. The van der Waals surface area contributed by atoms with E-state index in [0.29, 0.717) is 68.2 Å². The van der Waals surface area contributed by atoms with Crippen molar-refractivity contribution in [2.45, 2.75) is 76.2 Å². The first-order chi connectivity index (χ1) is 23.4. The molecule has 10 heteroatoms. The third-order valence-electron chi connectivity index (χ3n) is 10.0. The summed E-state index contributed by atoms with van der Waals surface area (Å²) in [6.07, 6.45) is 7.46. The fourth-order valence-electron chi connectivity index (χ4n) is 7.44. The molecule has 1 saturated carbocycles. The number of rotatable bonds is 18. The number of aliphatic hydroxyl groups is 1. The molecule has 0 amide bonds. The SMILES string of the molecule is COCCOC(c1ccccc1)C1CCCN(c2c(NC(CC3CCCCC3)C(O)CNCc3cc(OC)cc(OC)c3)c(=O)c2=O)C1. The highest BCUT2D eigenvalue weighted by Crippen LogP contribution is 2.36. The Hall–Kier alpha value is -3.44. The molecule has 0 bridgehead atoms. The smallest absolute Gasteiger partial charge is 0.253 e. The minimum atomic E-state index is -0.776. The maximum atomic E-state index is 13.2. The number of nitrogens with one attached hydrogen (secondary N) is 2. The van der Waals surface area contributed by atoms with Gasteiger partial charge in [-0.05, 0) is 48.4 Å². The van der Waals surface area contributed by atoms with Crippen molar-refractivity contribution in [3.63, 3.8) is 0 Å². The van der Waals surface area contributed by atoms with Gasteiger partial charge in [0.2, 0.25) is 0 Å². The van der Waals surface area contributed by atoms with Crippen molar-refractivity contribution in [1.29, 1.82) is 0 Å². The summed E-state index contributed by atoms with van der Waals surface area (Å²) >= 11 is 0. The van der Waals surface area contributed by atoms with E-state index in [4.69, 9.17) is 18.9 Å². The highest BCUT2D eigenvalue weighted by molar-refractivity contribution is 5.75. The molecule has 48 heavy (non-hydrogen) atoms. The lowest BCUT2D eigenvalue weighted by molar-refractivity contribution is -0.0181. The molecule has 4 atom stereocenters. The summed E-state index contributed by atoms with van der Waals surface area (Å²) in [4.78, 5) is 28.4. The maximum Gasteiger partial charge on any atom is 0.253 e. The van der Waals surface area contributed by atoms with Crippen molar-refractivity contribution >= 4 is 11.4 Å². The van der Waals surface area contributed by atoms with Crippen molar-refractivity contribution < 1.29 is 24.1 Å². The first-order valence-corrected chi connectivity index (χ1v) is 17.5. The molecule has 2 aliphatic rings. The molecule has 2 fully saturated rings. The van der Waals surface area contributed by atoms with Gasteiger partial charge in [-0.2, -0.15) is 0 Å². The summed E-state index contributed by atoms with van der Waals surface area (Å²) in [5.41, 5.74) is 1.91. The topological polar surface area (TPSA) is 119 Å². The van der Waals surface area contributed by atoms with Gasteiger partial charge in [0.1, 0.15) is 22.9 Å². The molecule has 0 aromatic heterocycles. The molecule has 10 nitrogen and oxygen atoms in total. The molecule has 0 spiro atoms. The average Bonchev–Trinajstić information content (AvgIpc) is 3.13. The van der Waals surface area contributed by atoms with E-state index in [1.54, 1.807) is 21.3 Å². The van der Waals surface area contributed by atoms with Crippen LogP contribution in [0.25, 0.3) is 0 Å². The molecule has 1 heterocycles. The van der Waals surface area contributed by atoms with Crippen LogP contribution >= 0.6 is 0 Å². The largest absolute Gasteiger partial charge is 0.497 e. The lowest BCUT2D eigenvalue weighted by Gasteiger charge is -2.40. The van der Waals surface area contributed by atoms with Crippen LogP contribution in [0.1, 0.15) is 68.6 Å². The number of hydrogen-bond donors (Lipinski definition) is 3. The van der Waals surface area contributed by atoms with E-state index in [0.717, 1.165) is 43.2 Å². The minimum absolute atomic E-state index is 0.137. The van der Waals surface area contributed by atoms with E-state index in [2.05, 4.69) is 27.7 Å². The van der Waals surface area contributed by atoms with Gasteiger partial charge in [0.05, 0.1) is 45.7 Å². The first kappa shape index (κ1) is 35.9. The first-order valence-electron chi connectivity index (χ1n) is 17.5. The molecule has 1 aliphatic heterocycles. The standard InChI is InChI=1S/C38H53N3O7/c1-45-17-18-48-38(28-13-8-5-9-14-28)29-15-10-16-41(25-29)35-34(36(43)37(35)44)40-32(21-26-11-6-4-7-12-26)33(42)24-39-23-27-19-30(46-2)22-31(20-27)47-3/h5,8-9,13-14,19-20,22,26,29,32-33,38-40,42H,4,6-7,10-12,15-18,21,23-25H2,1-3H3. The van der Waals surface area contributed by atoms with Crippen LogP contribution in [0, 0.1) is 11.8 Å². The van der Waals surface area contributed by atoms with Crippen LogP contribution in [-0.4, -0.2) is 71.4 Å². The number of nitrogens with zero attached hydrogens (tertiary/aromatic N) is 1. The summed E-state index contributed by atoms with van der Waals surface area (Å²) in [5.74, 6) is 2.00. The van der Waals surface area contributed by atoms with Gasteiger partial charge in [-0.25, -0.2) is 0 Å². The number of benzene rings is 2. The van der Waals surface area contributed by atoms with Crippen molar-refractivity contribution in [1.82, 2.24) is 5.32 Å². The fourth-order valence-corrected chi connectivity index (χ4v) is 7.44. The van der Waals surface area contributed by atoms with Crippen LogP contribution < -0.4 is 35.9 Å². The zero-order valence-corrected chi connectivity index (χ0v) is 28.7. The predicted octanol–water partition coefficient (Wildman–Crippen LogP) is 4.82. The van der Waals surface area contributed by atoms with Gasteiger partial charge < -0.3 is 39.6 Å². The lowest BCUT2D eigenvalue weighted by atomic mass is 9.83. The minimum Gasteiger partial charge on any atom is -0.497 e. The van der Waals surface area contributed by atoms with Crippen LogP contribution in [0.15, 0.2) is 58.1 Å². The summed E-state index contributed by atoms with van der Waals surface area (Å²) in [5, 5.41) is 18.3. The number of anilines is 2. The van der Waals surface area contributed by atoms with E-state index < -0.39 is 17.0 Å². The van der Waals surface area contributed by atoms with Gasteiger partial charge >= 0.3 is 0 Å². The Bertz CT molecular complexity index is 1460. The molecule has 1 aliphatic carbocycles. The lowest BCUT2D eigenvalue weighted by Crippen LogP contribution is -2.50. The highest BCUT2D eigenvalue weighted by Gasteiger charge is 2.35. The number of methoxy groups -OCH3 is 3. The van der Waals surface area contributed by atoms with E-state index >= 15 is 0 Å². The number of piperidine rings is 1. The van der Waals surface area contributed by atoms with E-state index in [9.17, 15) is 14.7 Å². The van der Waals surface area contributed by atoms with Gasteiger partial charge in [-0.3, -0.25) is 9.59 Å². The molecule has 0 radical (unpaired) electrons. The van der Waals surface area contributed by atoms with E-state index in [1.807, 2.05) is 36.4 Å². The third-order valence-corrected chi connectivity index (χ3v) is 10.0. The monoisotopic (exact) mass is 663 g/mol. The van der Waals surface area contributed by atoms with Crippen LogP contribution in [0.2, 0.25) is 0 Å². The van der Waals surface area contributed by atoms with Crippen LogP contribution in [0.5, 0.6) is 11.5 Å². The van der Waals surface area contributed by atoms with Crippen molar-refractivity contribution in [2.24, 2.45) is 11.8 Å². The molecule has 3 aromatic rings. The Labute approximate surface area is 284 Å². The molecule has 3 N–H and O–H groups in total. The van der Waals surface area contributed by atoms with Crippen LogP contribution in [0.3, 0.4) is 0 Å². The second-order valence-corrected chi connectivity index (χ2v) is 13.3. The molecule has 5 rings (SSSR count). The average molecular weight is 664 g/mol. The van der Waals surface area contributed by atoms with Crippen LogP contribution in [-0.2, 0) is 16.0 Å². The van der Waals surface area contributed by atoms with Crippen molar-refractivity contribution in [3.05, 3.63) is 80.1 Å². The molecular weight excluding hydrogens is 610 g/mol. The Morgan fingerprint density at radius 1 is 0.896 bits per heavy atom. The molecule has 262 valence electrons. The normalized spacial score (nSPS) is 19.2. The van der Waals surface area contributed by atoms with E-state index in [1.165, 1.54) is 19.3 Å². The maximum absolute atomic E-state index is 13.2. The molecular formula is C38H53N3O7. The number of hydrogen-bond acceptors (Lipinski definition) is 10. The third kappa shape index (κ3) is 9.16.